The Kier molecular flexibility index (Phi) is 6.65. The smallest absolute Gasteiger partial charge is 0.329 e. The van der Waals surface area contributed by atoms with Crippen molar-refractivity contribution in [2.75, 3.05) is 11.9 Å². The number of nitrogens with one attached hydrogen (secondary N) is 2. The lowest BCUT2D eigenvalue weighted by Crippen LogP contribution is -2.32. The van der Waals surface area contributed by atoms with Gasteiger partial charge in [-0.1, -0.05) is 6.07 Å². The Hall–Kier alpha value is -3.68. The minimum atomic E-state index is -0.883. The number of rotatable bonds is 6. The highest BCUT2D eigenvalue weighted by molar-refractivity contribution is 6.39. The van der Waals surface area contributed by atoms with Gasteiger partial charge in [-0.2, -0.15) is 5.10 Å². The minimum absolute atomic E-state index is 0.209. The van der Waals surface area contributed by atoms with E-state index in [2.05, 4.69) is 15.8 Å². The number of hydrogen-bond acceptors (Lipinski definition) is 5. The normalized spacial score (nSPS) is 10.4. The summed E-state index contributed by atoms with van der Waals surface area (Å²) in [6, 6.07) is 12.1. The van der Waals surface area contributed by atoms with Crippen LogP contribution in [0.4, 0.5) is 5.69 Å². The maximum atomic E-state index is 11.9. The predicted octanol–water partition coefficient (Wildman–Crippen LogP) is 1.26. The van der Waals surface area contributed by atoms with Crippen LogP contribution in [0.15, 0.2) is 47.6 Å². The molecule has 0 bridgehead atoms. The molecule has 0 radical (unpaired) electrons. The van der Waals surface area contributed by atoms with E-state index in [9.17, 15) is 14.4 Å². The summed E-state index contributed by atoms with van der Waals surface area (Å²) in [6.45, 7) is 3.59. The summed E-state index contributed by atoms with van der Waals surface area (Å²) in [7, 11) is 0. The second-order valence-electron chi connectivity index (χ2n) is 5.85. The van der Waals surface area contributed by atoms with Crippen molar-refractivity contribution in [1.82, 2.24) is 5.43 Å². The van der Waals surface area contributed by atoms with Crippen LogP contribution in [-0.2, 0) is 14.4 Å². The summed E-state index contributed by atoms with van der Waals surface area (Å²) in [5, 5.41) is 6.27. The van der Waals surface area contributed by atoms with Crippen LogP contribution in [0.5, 0.6) is 5.75 Å². The van der Waals surface area contributed by atoms with E-state index in [0.29, 0.717) is 17.0 Å². The Morgan fingerprint density at radius 1 is 1.04 bits per heavy atom. The number of amides is 3. The molecular weight excluding hydrogens is 348 g/mol. The fourth-order valence-electron chi connectivity index (χ4n) is 2.26. The Bertz CT molecular complexity index is 856. The van der Waals surface area contributed by atoms with Crippen LogP contribution < -0.4 is 21.2 Å². The Balaban J connectivity index is 1.86. The number of aryl methyl sites for hydroxylation is 2. The highest BCUT2D eigenvalue weighted by Gasteiger charge is 2.13. The van der Waals surface area contributed by atoms with Crippen molar-refractivity contribution in [2.45, 2.75) is 13.8 Å². The molecular formula is C19H20N4O4. The second-order valence-corrected chi connectivity index (χ2v) is 5.85. The fourth-order valence-corrected chi connectivity index (χ4v) is 2.26. The molecule has 140 valence electrons. The van der Waals surface area contributed by atoms with E-state index < -0.39 is 17.7 Å². The third kappa shape index (κ3) is 6.62. The molecule has 0 saturated heterocycles. The first-order valence-corrected chi connectivity index (χ1v) is 8.07. The lowest BCUT2D eigenvalue weighted by Gasteiger charge is -2.06. The first-order chi connectivity index (χ1) is 12.8. The summed E-state index contributed by atoms with van der Waals surface area (Å²) in [6.07, 6.45) is 1.37. The molecule has 8 heteroatoms. The Morgan fingerprint density at radius 2 is 1.67 bits per heavy atom. The highest BCUT2D eigenvalue weighted by atomic mass is 16.5. The van der Waals surface area contributed by atoms with E-state index in [-0.39, 0.29) is 6.61 Å². The number of carbonyl (C=O) groups is 3. The maximum absolute atomic E-state index is 11.9. The van der Waals surface area contributed by atoms with E-state index >= 15 is 0 Å². The van der Waals surface area contributed by atoms with Crippen molar-refractivity contribution in [3.63, 3.8) is 0 Å². The van der Waals surface area contributed by atoms with E-state index in [4.69, 9.17) is 10.5 Å². The molecule has 0 unspecified atom stereocenters. The number of hydrazone groups is 1. The van der Waals surface area contributed by atoms with E-state index in [1.807, 2.05) is 19.9 Å². The molecule has 0 saturated carbocycles. The van der Waals surface area contributed by atoms with Crippen LogP contribution in [0.2, 0.25) is 0 Å². The molecule has 2 rings (SSSR count). The molecule has 27 heavy (non-hydrogen) atoms. The molecule has 0 aliphatic heterocycles. The summed E-state index contributed by atoms with van der Waals surface area (Å²) in [5.74, 6) is -1.79. The standard InChI is InChI=1S/C19H20N4O4/c1-12-7-13(2)9-15(8-12)22-18(25)19(26)23-21-10-14-3-5-16(6-4-14)27-11-17(20)24/h3-10H,11H2,1-2H3,(H2,20,24)(H,22,25)(H,23,26)/b21-10+. The van der Waals surface area contributed by atoms with Gasteiger partial charge in [-0.3, -0.25) is 14.4 Å². The lowest BCUT2D eigenvalue weighted by molar-refractivity contribution is -0.136. The third-order valence-electron chi connectivity index (χ3n) is 3.33. The molecule has 0 atom stereocenters. The summed E-state index contributed by atoms with van der Waals surface area (Å²) in [4.78, 5) is 34.4. The molecule has 0 spiro atoms. The van der Waals surface area contributed by atoms with Crippen molar-refractivity contribution in [1.29, 1.82) is 0 Å². The number of ether oxygens (including phenoxy) is 1. The number of nitrogens with two attached hydrogens (primary N) is 1. The zero-order valence-electron chi connectivity index (χ0n) is 15.0. The van der Waals surface area contributed by atoms with Gasteiger partial charge in [-0.05, 0) is 66.9 Å². The molecule has 0 fully saturated rings. The molecule has 8 nitrogen and oxygen atoms in total. The van der Waals surface area contributed by atoms with E-state index in [1.165, 1.54) is 6.21 Å². The van der Waals surface area contributed by atoms with Crippen LogP contribution in [0.3, 0.4) is 0 Å². The van der Waals surface area contributed by atoms with Gasteiger partial charge in [0, 0.05) is 5.69 Å². The summed E-state index contributed by atoms with van der Waals surface area (Å²) >= 11 is 0. The van der Waals surface area contributed by atoms with Crippen LogP contribution in [0.25, 0.3) is 0 Å². The van der Waals surface area contributed by atoms with Gasteiger partial charge in [0.15, 0.2) is 6.61 Å². The summed E-state index contributed by atoms with van der Waals surface area (Å²) < 4.78 is 5.13. The second kappa shape index (κ2) is 9.14. The van der Waals surface area contributed by atoms with Crippen molar-refractivity contribution in [2.24, 2.45) is 10.8 Å². The Morgan fingerprint density at radius 3 is 2.26 bits per heavy atom. The number of nitrogens with zero attached hydrogens (tertiary/aromatic N) is 1. The highest BCUT2D eigenvalue weighted by Crippen LogP contribution is 2.13. The molecule has 4 N–H and O–H groups in total. The maximum Gasteiger partial charge on any atom is 0.329 e. The quantitative estimate of drug-likeness (QED) is 0.403. The average molecular weight is 368 g/mol. The molecule has 2 aromatic rings. The van der Waals surface area contributed by atoms with Gasteiger partial charge in [-0.15, -0.1) is 0 Å². The number of anilines is 1. The third-order valence-corrected chi connectivity index (χ3v) is 3.33. The van der Waals surface area contributed by atoms with Gasteiger partial charge in [0.05, 0.1) is 6.21 Å². The molecule has 0 heterocycles. The molecule has 0 aliphatic rings. The van der Waals surface area contributed by atoms with Crippen molar-refractivity contribution < 1.29 is 19.1 Å². The SMILES string of the molecule is Cc1cc(C)cc(NC(=O)C(=O)N/N=C/c2ccc(OCC(N)=O)cc2)c1. The first-order valence-electron chi connectivity index (χ1n) is 8.07. The molecule has 3 amide bonds. The van der Waals surface area contributed by atoms with Crippen LogP contribution >= 0.6 is 0 Å². The lowest BCUT2D eigenvalue weighted by atomic mass is 10.1. The zero-order valence-corrected chi connectivity index (χ0v) is 15.0. The number of carbonyl (C=O) groups excluding carboxylic acids is 3. The largest absolute Gasteiger partial charge is 0.484 e. The van der Waals surface area contributed by atoms with E-state index in [1.54, 1.807) is 36.4 Å². The topological polar surface area (TPSA) is 123 Å². The van der Waals surface area contributed by atoms with Gasteiger partial charge in [0.2, 0.25) is 0 Å². The molecule has 2 aromatic carbocycles. The van der Waals surface area contributed by atoms with Crippen molar-refractivity contribution in [3.8, 4) is 5.75 Å². The van der Waals surface area contributed by atoms with E-state index in [0.717, 1.165) is 11.1 Å². The van der Waals surface area contributed by atoms with Gasteiger partial charge in [0.25, 0.3) is 5.91 Å². The van der Waals surface area contributed by atoms with Gasteiger partial charge >= 0.3 is 11.8 Å². The molecule has 0 aromatic heterocycles. The van der Waals surface area contributed by atoms with Crippen molar-refractivity contribution in [3.05, 3.63) is 59.2 Å². The predicted molar refractivity (Wildman–Crippen MR) is 101 cm³/mol. The minimum Gasteiger partial charge on any atom is -0.484 e. The van der Waals surface area contributed by atoms with Crippen LogP contribution in [0, 0.1) is 13.8 Å². The van der Waals surface area contributed by atoms with Gasteiger partial charge in [-0.25, -0.2) is 5.43 Å². The van der Waals surface area contributed by atoms with Gasteiger partial charge < -0.3 is 15.8 Å². The number of hydrogen-bond donors (Lipinski definition) is 3. The van der Waals surface area contributed by atoms with Crippen LogP contribution in [-0.4, -0.2) is 30.5 Å². The van der Waals surface area contributed by atoms with Crippen LogP contribution in [0.1, 0.15) is 16.7 Å². The monoisotopic (exact) mass is 368 g/mol. The summed E-state index contributed by atoms with van der Waals surface area (Å²) in [5.41, 5.74) is 10.3. The Labute approximate surface area is 156 Å². The first kappa shape index (κ1) is 19.6. The number of benzene rings is 2. The number of primary amides is 1. The molecule has 0 aliphatic carbocycles. The zero-order chi connectivity index (χ0) is 19.8. The average Bonchev–Trinajstić information content (AvgIpc) is 2.60. The van der Waals surface area contributed by atoms with Crippen molar-refractivity contribution >= 4 is 29.6 Å². The van der Waals surface area contributed by atoms with Gasteiger partial charge in [0.1, 0.15) is 5.75 Å². The fraction of sp³-hybridized carbons (Fsp3) is 0.158.